The zero-order valence-corrected chi connectivity index (χ0v) is 16.7. The van der Waals surface area contributed by atoms with Crippen LogP contribution in [0.15, 0.2) is 30.6 Å². The first-order chi connectivity index (χ1) is 13.2. The maximum atomic E-state index is 14.3. The molecule has 0 radical (unpaired) electrons. The summed E-state index contributed by atoms with van der Waals surface area (Å²) < 4.78 is 17.7. The van der Waals surface area contributed by atoms with Crippen LogP contribution < -0.4 is 5.32 Å². The molecular weight excluding hydrogens is 361 g/mol. The van der Waals surface area contributed by atoms with Crippen molar-refractivity contribution in [3.05, 3.63) is 41.3 Å². The summed E-state index contributed by atoms with van der Waals surface area (Å²) in [6.45, 7) is 6.17. The van der Waals surface area contributed by atoms with Gasteiger partial charge in [0.25, 0.3) is 0 Å². The summed E-state index contributed by atoms with van der Waals surface area (Å²) in [5.41, 5.74) is 1.35. The molecule has 4 aromatic rings. The molecule has 1 aromatic carbocycles. The highest BCUT2D eigenvalue weighted by Crippen LogP contribution is 2.35. The van der Waals surface area contributed by atoms with E-state index in [4.69, 9.17) is 0 Å². The lowest BCUT2D eigenvalue weighted by molar-refractivity contribution is 0.465. The molecule has 5 nitrogen and oxygen atoms in total. The molecule has 1 N–H and O–H groups in total. The standard InChI is InChI=1S/C18H18FN5S.C2H6/c1-23-10-14-15(19)7-13(8-16(14)21-23)24-9-12-6-17(25-18(12)22-24)11-2-4-20-5-3-11;1-2/h6-11,20H,2-5H2,1H3;1-2H3. The van der Waals surface area contributed by atoms with Crippen LogP contribution in [0.25, 0.3) is 26.8 Å². The Balaban J connectivity index is 0.000000872. The number of thiophene rings is 1. The topological polar surface area (TPSA) is 47.7 Å². The Hall–Kier alpha value is -2.25. The van der Waals surface area contributed by atoms with E-state index in [1.807, 2.05) is 26.1 Å². The highest BCUT2D eigenvalue weighted by Gasteiger charge is 2.19. The number of fused-ring (bicyclic) bond motifs is 2. The quantitative estimate of drug-likeness (QED) is 0.548. The Morgan fingerprint density at radius 1 is 1.11 bits per heavy atom. The average molecular weight is 386 g/mol. The molecule has 1 fully saturated rings. The normalized spacial score (nSPS) is 15.3. The van der Waals surface area contributed by atoms with Crippen molar-refractivity contribution in [2.45, 2.75) is 32.6 Å². The Kier molecular flexibility index (Phi) is 4.97. The predicted octanol–water partition coefficient (Wildman–Crippen LogP) is 4.61. The number of rotatable bonds is 2. The molecule has 5 rings (SSSR count). The lowest BCUT2D eigenvalue weighted by Gasteiger charge is -2.21. The monoisotopic (exact) mass is 385 g/mol. The predicted molar refractivity (Wildman–Crippen MR) is 109 cm³/mol. The number of aryl methyl sites for hydroxylation is 1. The molecule has 0 saturated carbocycles. The highest BCUT2D eigenvalue weighted by molar-refractivity contribution is 7.18. The number of nitrogens with zero attached hydrogens (tertiary/aromatic N) is 4. The zero-order chi connectivity index (χ0) is 19.0. The average Bonchev–Trinajstić information content (AvgIpc) is 3.36. The van der Waals surface area contributed by atoms with Gasteiger partial charge in [-0.1, -0.05) is 13.8 Å². The van der Waals surface area contributed by atoms with Gasteiger partial charge in [-0.15, -0.1) is 11.3 Å². The van der Waals surface area contributed by atoms with E-state index in [0.717, 1.165) is 23.3 Å². The molecule has 27 heavy (non-hydrogen) atoms. The van der Waals surface area contributed by atoms with Gasteiger partial charge in [0.05, 0.1) is 16.6 Å². The van der Waals surface area contributed by atoms with Crippen molar-refractivity contribution in [1.82, 2.24) is 24.9 Å². The third-order valence-corrected chi connectivity index (χ3v) is 6.10. The van der Waals surface area contributed by atoms with Gasteiger partial charge in [0.15, 0.2) is 0 Å². The van der Waals surface area contributed by atoms with Crippen LogP contribution >= 0.6 is 11.3 Å². The minimum Gasteiger partial charge on any atom is -0.317 e. The maximum Gasteiger partial charge on any atom is 0.146 e. The van der Waals surface area contributed by atoms with Crippen LogP contribution in [0.1, 0.15) is 37.5 Å². The molecule has 4 heterocycles. The van der Waals surface area contributed by atoms with E-state index in [0.29, 0.717) is 22.5 Å². The first-order valence-corrected chi connectivity index (χ1v) is 10.3. The van der Waals surface area contributed by atoms with Crippen molar-refractivity contribution >= 4 is 32.5 Å². The smallest absolute Gasteiger partial charge is 0.146 e. The largest absolute Gasteiger partial charge is 0.317 e. The van der Waals surface area contributed by atoms with Crippen molar-refractivity contribution < 1.29 is 4.39 Å². The van der Waals surface area contributed by atoms with E-state index in [1.54, 1.807) is 33.9 Å². The molecule has 1 saturated heterocycles. The first kappa shape index (κ1) is 18.1. The van der Waals surface area contributed by atoms with Crippen molar-refractivity contribution in [3.63, 3.8) is 0 Å². The van der Waals surface area contributed by atoms with Crippen LogP contribution in [0.3, 0.4) is 0 Å². The van der Waals surface area contributed by atoms with Crippen molar-refractivity contribution in [1.29, 1.82) is 0 Å². The second kappa shape index (κ2) is 7.40. The lowest BCUT2D eigenvalue weighted by atomic mass is 9.96. The van der Waals surface area contributed by atoms with Gasteiger partial charge in [-0.25, -0.2) is 9.07 Å². The fraction of sp³-hybridized carbons (Fsp3) is 0.400. The highest BCUT2D eigenvalue weighted by atomic mass is 32.1. The van der Waals surface area contributed by atoms with Gasteiger partial charge in [-0.05, 0) is 44.0 Å². The van der Waals surface area contributed by atoms with E-state index in [2.05, 4.69) is 21.6 Å². The summed E-state index contributed by atoms with van der Waals surface area (Å²) in [7, 11) is 1.80. The van der Waals surface area contributed by atoms with Crippen LogP contribution in [0.2, 0.25) is 0 Å². The molecule has 3 aromatic heterocycles. The lowest BCUT2D eigenvalue weighted by Crippen LogP contribution is -2.26. The summed E-state index contributed by atoms with van der Waals surface area (Å²) >= 11 is 1.76. The van der Waals surface area contributed by atoms with Gasteiger partial charge in [-0.2, -0.15) is 10.2 Å². The van der Waals surface area contributed by atoms with Gasteiger partial charge in [-0.3, -0.25) is 4.68 Å². The van der Waals surface area contributed by atoms with Crippen molar-refractivity contribution in [3.8, 4) is 5.69 Å². The molecule has 0 atom stereocenters. The second-order valence-electron chi connectivity index (χ2n) is 6.67. The molecule has 142 valence electrons. The van der Waals surface area contributed by atoms with Crippen molar-refractivity contribution in [2.75, 3.05) is 13.1 Å². The molecule has 0 amide bonds. The number of hydrogen-bond acceptors (Lipinski definition) is 4. The Morgan fingerprint density at radius 3 is 2.63 bits per heavy atom. The van der Waals surface area contributed by atoms with Gasteiger partial charge >= 0.3 is 0 Å². The van der Waals surface area contributed by atoms with Crippen LogP contribution in [0.4, 0.5) is 4.39 Å². The fourth-order valence-electron chi connectivity index (χ4n) is 3.60. The van der Waals surface area contributed by atoms with Crippen LogP contribution in [0, 0.1) is 5.82 Å². The number of benzene rings is 1. The summed E-state index contributed by atoms with van der Waals surface area (Å²) in [6, 6.07) is 5.64. The third kappa shape index (κ3) is 3.37. The summed E-state index contributed by atoms with van der Waals surface area (Å²) in [5, 5.41) is 14.0. The molecule has 7 heteroatoms. The molecule has 1 aliphatic heterocycles. The van der Waals surface area contributed by atoms with Crippen LogP contribution in [-0.4, -0.2) is 32.7 Å². The maximum absolute atomic E-state index is 14.3. The molecule has 1 aliphatic rings. The van der Waals surface area contributed by atoms with Crippen LogP contribution in [0.5, 0.6) is 0 Å². The number of aromatic nitrogens is 4. The number of halogens is 1. The van der Waals surface area contributed by atoms with Crippen LogP contribution in [-0.2, 0) is 7.05 Å². The van der Waals surface area contributed by atoms with Crippen molar-refractivity contribution in [2.24, 2.45) is 7.05 Å². The summed E-state index contributed by atoms with van der Waals surface area (Å²) in [4.78, 5) is 2.42. The molecule has 0 unspecified atom stereocenters. The molecule has 0 aliphatic carbocycles. The van der Waals surface area contributed by atoms with E-state index >= 15 is 0 Å². The second-order valence-corrected chi connectivity index (χ2v) is 7.73. The number of hydrogen-bond donors (Lipinski definition) is 1. The minimum atomic E-state index is -0.269. The van der Waals surface area contributed by atoms with Gasteiger partial charge in [0.2, 0.25) is 0 Å². The number of nitrogens with one attached hydrogen (secondary N) is 1. The van der Waals surface area contributed by atoms with E-state index < -0.39 is 0 Å². The summed E-state index contributed by atoms with van der Waals surface area (Å²) in [5.74, 6) is 0.367. The first-order valence-electron chi connectivity index (χ1n) is 9.50. The van der Waals surface area contributed by atoms with E-state index in [9.17, 15) is 4.39 Å². The van der Waals surface area contributed by atoms with Gasteiger partial charge in [0.1, 0.15) is 10.6 Å². The minimum absolute atomic E-state index is 0.269. The number of piperidine rings is 1. The molecular formula is C20H24FN5S. The fourth-order valence-corrected chi connectivity index (χ4v) is 4.77. The SMILES string of the molecule is CC.Cn1cc2c(F)cc(-n3cc4cc(C5CCNCC5)sc4n3)cc2n1. The summed E-state index contributed by atoms with van der Waals surface area (Å²) in [6.07, 6.45) is 6.05. The Bertz CT molecular complexity index is 1040. The Morgan fingerprint density at radius 2 is 1.89 bits per heavy atom. The zero-order valence-electron chi connectivity index (χ0n) is 15.9. The van der Waals surface area contributed by atoms with Gasteiger partial charge in [0, 0.05) is 35.8 Å². The molecule has 0 spiro atoms. The third-order valence-electron chi connectivity index (χ3n) is 4.90. The van der Waals surface area contributed by atoms with E-state index in [1.165, 1.54) is 23.8 Å². The molecule has 0 bridgehead atoms. The van der Waals surface area contributed by atoms with Gasteiger partial charge < -0.3 is 5.32 Å². The van der Waals surface area contributed by atoms with E-state index in [-0.39, 0.29) is 5.82 Å². The Labute approximate surface area is 161 Å².